The lowest BCUT2D eigenvalue weighted by molar-refractivity contribution is -0.137. The van der Waals surface area contributed by atoms with E-state index in [0.717, 1.165) is 12.1 Å². The molecule has 0 radical (unpaired) electrons. The first-order valence-electron chi connectivity index (χ1n) is 7.49. The Morgan fingerprint density at radius 3 is 2.42 bits per heavy atom. The van der Waals surface area contributed by atoms with Gasteiger partial charge < -0.3 is 15.2 Å². The van der Waals surface area contributed by atoms with E-state index in [1.54, 1.807) is 24.3 Å². The molecule has 0 unspecified atom stereocenters. The molecule has 0 aliphatic rings. The molecule has 134 valence electrons. The molecule has 0 fully saturated rings. The second-order valence-corrected chi connectivity index (χ2v) is 5.30. The summed E-state index contributed by atoms with van der Waals surface area (Å²) >= 11 is 0. The normalized spacial score (nSPS) is 11.2. The van der Waals surface area contributed by atoms with E-state index in [1.165, 1.54) is 25.4 Å². The molecule has 26 heavy (non-hydrogen) atoms. The molecule has 5 nitrogen and oxygen atoms in total. The van der Waals surface area contributed by atoms with Crippen molar-refractivity contribution in [1.29, 1.82) is 0 Å². The molecule has 1 aromatic heterocycles. The molecule has 0 amide bonds. The van der Waals surface area contributed by atoms with Crippen LogP contribution in [0.3, 0.4) is 0 Å². The maximum absolute atomic E-state index is 12.9. The van der Waals surface area contributed by atoms with Gasteiger partial charge in [0.05, 0.1) is 18.9 Å². The molecule has 0 saturated carbocycles. The predicted molar refractivity (Wildman–Crippen MR) is 90.0 cm³/mol. The van der Waals surface area contributed by atoms with Crippen molar-refractivity contribution in [3.05, 3.63) is 60.3 Å². The minimum atomic E-state index is -4.45. The van der Waals surface area contributed by atoms with Crippen LogP contribution in [0.2, 0.25) is 0 Å². The summed E-state index contributed by atoms with van der Waals surface area (Å²) in [6, 6.07) is 11.6. The van der Waals surface area contributed by atoms with E-state index in [0.29, 0.717) is 11.5 Å². The molecule has 1 heterocycles. The van der Waals surface area contributed by atoms with Gasteiger partial charge in [-0.2, -0.15) is 18.2 Å². The highest BCUT2D eigenvalue weighted by Gasteiger charge is 2.30. The summed E-state index contributed by atoms with van der Waals surface area (Å²) in [5, 5.41) is 0. The van der Waals surface area contributed by atoms with Crippen molar-refractivity contribution < 1.29 is 22.6 Å². The maximum Gasteiger partial charge on any atom is 0.416 e. The number of methoxy groups -OCH3 is 1. The van der Waals surface area contributed by atoms with Crippen LogP contribution in [0.15, 0.2) is 54.7 Å². The standard InChI is InChI=1S/C18H14F3N3O2/c1-25-13-6-3-7-14(9-13)26-15-10-23-16(17(22)24-15)11-4-2-5-12(8-11)18(19,20)21/h2-10H,1H3,(H2,22,24). The van der Waals surface area contributed by atoms with Crippen LogP contribution in [0.25, 0.3) is 11.3 Å². The smallest absolute Gasteiger partial charge is 0.416 e. The van der Waals surface area contributed by atoms with Crippen molar-refractivity contribution in [3.63, 3.8) is 0 Å². The third-order valence-electron chi connectivity index (χ3n) is 3.50. The third kappa shape index (κ3) is 3.85. The molecule has 0 spiro atoms. The van der Waals surface area contributed by atoms with E-state index in [-0.39, 0.29) is 23.0 Å². The minimum Gasteiger partial charge on any atom is -0.497 e. The number of aromatic nitrogens is 2. The molecule has 0 saturated heterocycles. The van der Waals surface area contributed by atoms with Crippen LogP contribution in [0.1, 0.15) is 5.56 Å². The topological polar surface area (TPSA) is 70.3 Å². The number of rotatable bonds is 4. The Hall–Kier alpha value is -3.29. The zero-order valence-corrected chi connectivity index (χ0v) is 13.6. The molecule has 0 bridgehead atoms. The molecular formula is C18H14F3N3O2. The van der Waals surface area contributed by atoms with Crippen molar-refractivity contribution in [2.45, 2.75) is 6.18 Å². The average molecular weight is 361 g/mol. The van der Waals surface area contributed by atoms with Gasteiger partial charge in [-0.15, -0.1) is 0 Å². The van der Waals surface area contributed by atoms with E-state index in [9.17, 15) is 13.2 Å². The summed E-state index contributed by atoms with van der Waals surface area (Å²) in [5.74, 6) is 1.14. The fourth-order valence-corrected chi connectivity index (χ4v) is 2.29. The first kappa shape index (κ1) is 17.5. The Bertz CT molecular complexity index is 930. The Morgan fingerprint density at radius 1 is 1.00 bits per heavy atom. The van der Waals surface area contributed by atoms with Gasteiger partial charge in [0.1, 0.15) is 17.2 Å². The molecule has 2 aromatic carbocycles. The summed E-state index contributed by atoms with van der Waals surface area (Å²) in [7, 11) is 1.53. The summed E-state index contributed by atoms with van der Waals surface area (Å²) in [6.45, 7) is 0. The Kier molecular flexibility index (Phi) is 4.66. The molecular weight excluding hydrogens is 347 g/mol. The SMILES string of the molecule is COc1cccc(Oc2cnc(-c3cccc(C(F)(F)F)c3)c(N)n2)c1. The van der Waals surface area contributed by atoms with Gasteiger partial charge in [0.15, 0.2) is 5.82 Å². The fraction of sp³-hybridized carbons (Fsp3) is 0.111. The van der Waals surface area contributed by atoms with E-state index >= 15 is 0 Å². The van der Waals surface area contributed by atoms with Crippen LogP contribution in [0.5, 0.6) is 17.4 Å². The lowest BCUT2D eigenvalue weighted by Gasteiger charge is -2.11. The van der Waals surface area contributed by atoms with Crippen molar-refractivity contribution in [1.82, 2.24) is 9.97 Å². The number of alkyl halides is 3. The third-order valence-corrected chi connectivity index (χ3v) is 3.50. The summed E-state index contributed by atoms with van der Waals surface area (Å²) in [6.07, 6.45) is -3.15. The Morgan fingerprint density at radius 2 is 1.73 bits per heavy atom. The highest BCUT2D eigenvalue weighted by atomic mass is 19.4. The lowest BCUT2D eigenvalue weighted by Crippen LogP contribution is -2.05. The highest BCUT2D eigenvalue weighted by molar-refractivity contribution is 5.70. The zero-order chi connectivity index (χ0) is 18.7. The zero-order valence-electron chi connectivity index (χ0n) is 13.6. The number of ether oxygens (including phenoxy) is 2. The molecule has 0 aliphatic carbocycles. The minimum absolute atomic E-state index is 0.0373. The highest BCUT2D eigenvalue weighted by Crippen LogP contribution is 2.33. The van der Waals surface area contributed by atoms with Crippen LogP contribution in [-0.4, -0.2) is 17.1 Å². The lowest BCUT2D eigenvalue weighted by atomic mass is 10.1. The van der Waals surface area contributed by atoms with E-state index in [2.05, 4.69) is 9.97 Å². The quantitative estimate of drug-likeness (QED) is 0.738. The predicted octanol–water partition coefficient (Wildman–Crippen LogP) is 4.55. The molecule has 3 rings (SSSR count). The maximum atomic E-state index is 12.9. The van der Waals surface area contributed by atoms with Crippen molar-refractivity contribution in [3.8, 4) is 28.6 Å². The van der Waals surface area contributed by atoms with Gasteiger partial charge in [-0.1, -0.05) is 18.2 Å². The summed E-state index contributed by atoms with van der Waals surface area (Å²) in [5.41, 5.74) is 5.45. The van der Waals surface area contributed by atoms with Crippen molar-refractivity contribution in [2.24, 2.45) is 0 Å². The Labute approximate surface area is 147 Å². The van der Waals surface area contributed by atoms with Gasteiger partial charge in [-0.05, 0) is 24.3 Å². The van der Waals surface area contributed by atoms with Gasteiger partial charge in [-0.25, -0.2) is 4.98 Å². The number of nitrogens with zero attached hydrogens (tertiary/aromatic N) is 2. The van der Waals surface area contributed by atoms with Gasteiger partial charge in [0.2, 0.25) is 5.88 Å². The van der Waals surface area contributed by atoms with Crippen LogP contribution >= 0.6 is 0 Å². The first-order chi connectivity index (χ1) is 12.4. The number of benzene rings is 2. The number of hydrogen-bond acceptors (Lipinski definition) is 5. The molecule has 0 aliphatic heterocycles. The van der Waals surface area contributed by atoms with E-state index in [4.69, 9.17) is 15.2 Å². The number of anilines is 1. The monoisotopic (exact) mass is 361 g/mol. The molecule has 2 N–H and O–H groups in total. The van der Waals surface area contributed by atoms with E-state index < -0.39 is 11.7 Å². The average Bonchev–Trinajstić information content (AvgIpc) is 2.61. The number of hydrogen-bond donors (Lipinski definition) is 1. The summed E-state index contributed by atoms with van der Waals surface area (Å²) < 4.78 is 49.2. The number of nitrogen functional groups attached to an aromatic ring is 1. The Balaban J connectivity index is 1.88. The van der Waals surface area contributed by atoms with Crippen molar-refractivity contribution in [2.75, 3.05) is 12.8 Å². The molecule has 3 aromatic rings. The van der Waals surface area contributed by atoms with Crippen LogP contribution in [0, 0.1) is 0 Å². The largest absolute Gasteiger partial charge is 0.497 e. The van der Waals surface area contributed by atoms with Gasteiger partial charge >= 0.3 is 6.18 Å². The van der Waals surface area contributed by atoms with E-state index in [1.807, 2.05) is 0 Å². The second kappa shape index (κ2) is 6.91. The molecule has 0 atom stereocenters. The first-order valence-corrected chi connectivity index (χ1v) is 7.49. The number of nitrogens with two attached hydrogens (primary N) is 1. The van der Waals surface area contributed by atoms with Gasteiger partial charge in [0.25, 0.3) is 0 Å². The van der Waals surface area contributed by atoms with Crippen molar-refractivity contribution >= 4 is 5.82 Å². The molecule has 8 heteroatoms. The van der Waals surface area contributed by atoms with Crippen LogP contribution < -0.4 is 15.2 Å². The summed E-state index contributed by atoms with van der Waals surface area (Å²) in [4.78, 5) is 8.16. The van der Waals surface area contributed by atoms with Crippen LogP contribution in [0.4, 0.5) is 19.0 Å². The second-order valence-electron chi connectivity index (χ2n) is 5.30. The van der Waals surface area contributed by atoms with Gasteiger partial charge in [0, 0.05) is 11.6 Å². The van der Waals surface area contributed by atoms with Crippen LogP contribution in [-0.2, 0) is 6.18 Å². The van der Waals surface area contributed by atoms with Gasteiger partial charge in [-0.3, -0.25) is 0 Å². The number of halogens is 3. The fourth-order valence-electron chi connectivity index (χ4n) is 2.29.